The summed E-state index contributed by atoms with van der Waals surface area (Å²) in [5.74, 6) is 0.232. The second-order valence-corrected chi connectivity index (χ2v) is 7.22. The Balaban J connectivity index is 1.32. The molecule has 1 atom stereocenters. The Morgan fingerprint density at radius 2 is 2.16 bits per heavy atom. The van der Waals surface area contributed by atoms with Crippen molar-refractivity contribution < 1.29 is 22.7 Å². The zero-order valence-corrected chi connectivity index (χ0v) is 16.4. The van der Waals surface area contributed by atoms with Crippen molar-refractivity contribution in [2.75, 3.05) is 29.9 Å². The van der Waals surface area contributed by atoms with E-state index in [2.05, 4.69) is 35.2 Å². The van der Waals surface area contributed by atoms with Gasteiger partial charge in [-0.05, 0) is 31.0 Å². The molecule has 1 aromatic carbocycles. The molecular weight excluding hydrogens is 413 g/mol. The molecule has 0 spiro atoms. The van der Waals surface area contributed by atoms with Crippen LogP contribution in [0.5, 0.6) is 5.75 Å². The van der Waals surface area contributed by atoms with Crippen molar-refractivity contribution >= 4 is 28.4 Å². The van der Waals surface area contributed by atoms with Gasteiger partial charge in [-0.2, -0.15) is 0 Å². The highest BCUT2D eigenvalue weighted by molar-refractivity contribution is 5.87. The van der Waals surface area contributed by atoms with Crippen molar-refractivity contribution in [2.24, 2.45) is 0 Å². The van der Waals surface area contributed by atoms with Crippen molar-refractivity contribution in [3.05, 3.63) is 42.9 Å². The summed E-state index contributed by atoms with van der Waals surface area (Å²) in [6.07, 6.45) is 0.283. The van der Waals surface area contributed by atoms with Crippen LogP contribution >= 0.6 is 0 Å². The van der Waals surface area contributed by atoms with Gasteiger partial charge in [0, 0.05) is 37.1 Å². The highest BCUT2D eigenvalue weighted by Crippen LogP contribution is 2.26. The van der Waals surface area contributed by atoms with Crippen LogP contribution in [0.3, 0.4) is 0 Å². The minimum atomic E-state index is -4.77. The number of hydrogen-bond donors (Lipinski definition) is 3. The van der Waals surface area contributed by atoms with Crippen molar-refractivity contribution in [1.29, 1.82) is 0 Å². The molecule has 0 aliphatic carbocycles. The molecule has 1 saturated heterocycles. The molecule has 0 saturated carbocycles. The van der Waals surface area contributed by atoms with E-state index >= 15 is 0 Å². The molecule has 1 aliphatic heterocycles. The van der Waals surface area contributed by atoms with Gasteiger partial charge in [-0.15, -0.1) is 13.2 Å². The fraction of sp³-hybridized carbons (Fsp3) is 0.350. The topological polar surface area (TPSA) is 95.2 Å². The van der Waals surface area contributed by atoms with Gasteiger partial charge in [-0.1, -0.05) is 6.07 Å². The molecule has 0 radical (unpaired) electrons. The fourth-order valence-corrected chi connectivity index (χ4v) is 3.66. The van der Waals surface area contributed by atoms with E-state index in [-0.39, 0.29) is 24.2 Å². The van der Waals surface area contributed by atoms with Crippen LogP contribution in [-0.4, -0.2) is 52.9 Å². The third-order valence-electron chi connectivity index (χ3n) is 4.94. The zero-order chi connectivity index (χ0) is 21.8. The number of H-pyrrole nitrogens is 1. The number of benzene rings is 1. The van der Waals surface area contributed by atoms with Gasteiger partial charge in [0.05, 0.1) is 11.9 Å². The van der Waals surface area contributed by atoms with Gasteiger partial charge in [0.15, 0.2) is 0 Å². The van der Waals surface area contributed by atoms with E-state index in [0.29, 0.717) is 12.2 Å². The quantitative estimate of drug-likeness (QED) is 0.552. The Labute approximate surface area is 175 Å². The first-order valence-corrected chi connectivity index (χ1v) is 9.79. The summed E-state index contributed by atoms with van der Waals surface area (Å²) < 4.78 is 40.9. The average Bonchev–Trinajstić information content (AvgIpc) is 3.20. The second kappa shape index (κ2) is 8.70. The lowest BCUT2D eigenvalue weighted by Gasteiger charge is -2.34. The summed E-state index contributed by atoms with van der Waals surface area (Å²) in [7, 11) is 0. The third kappa shape index (κ3) is 5.36. The average molecular weight is 434 g/mol. The number of aromatic amines is 1. The van der Waals surface area contributed by atoms with Gasteiger partial charge in [0.1, 0.15) is 23.5 Å². The highest BCUT2D eigenvalue weighted by Gasteiger charge is 2.31. The predicted molar refractivity (Wildman–Crippen MR) is 109 cm³/mol. The summed E-state index contributed by atoms with van der Waals surface area (Å²) in [4.78, 5) is 26.2. The normalized spacial score (nSPS) is 16.9. The molecule has 11 heteroatoms. The van der Waals surface area contributed by atoms with Gasteiger partial charge >= 0.3 is 6.36 Å². The van der Waals surface area contributed by atoms with Crippen LogP contribution < -0.4 is 20.3 Å². The largest absolute Gasteiger partial charge is 0.573 e. The number of carbonyl (C=O) groups is 1. The molecule has 1 unspecified atom stereocenters. The molecule has 8 nitrogen and oxygen atoms in total. The third-order valence-corrected chi connectivity index (χ3v) is 4.94. The number of rotatable bonds is 6. The van der Waals surface area contributed by atoms with Crippen LogP contribution in [0.2, 0.25) is 0 Å². The maximum atomic E-state index is 12.4. The summed E-state index contributed by atoms with van der Waals surface area (Å²) >= 11 is 0. The lowest BCUT2D eigenvalue weighted by Crippen LogP contribution is -2.49. The van der Waals surface area contributed by atoms with Crippen molar-refractivity contribution in [3.8, 4) is 5.75 Å². The maximum absolute atomic E-state index is 12.4. The zero-order valence-electron chi connectivity index (χ0n) is 16.4. The van der Waals surface area contributed by atoms with E-state index < -0.39 is 6.36 Å². The number of nitrogens with zero attached hydrogens (tertiary/aromatic N) is 3. The SMILES string of the molecule is O=C(CNc1cccc(OC(F)(F)F)c1)NC1CCCN(c2ncnc3[nH]ccc23)C1. The van der Waals surface area contributed by atoms with Gasteiger partial charge in [0.25, 0.3) is 0 Å². The molecule has 3 heterocycles. The number of hydrogen-bond acceptors (Lipinski definition) is 6. The smallest absolute Gasteiger partial charge is 0.406 e. The van der Waals surface area contributed by atoms with Gasteiger partial charge in [0.2, 0.25) is 5.91 Å². The number of amides is 1. The molecule has 3 aromatic rings. The van der Waals surface area contributed by atoms with Crippen molar-refractivity contribution in [3.63, 3.8) is 0 Å². The van der Waals surface area contributed by atoms with Crippen LogP contribution in [0.25, 0.3) is 11.0 Å². The fourth-order valence-electron chi connectivity index (χ4n) is 3.66. The number of piperidine rings is 1. The number of carbonyl (C=O) groups excluding carboxylic acids is 1. The Morgan fingerprint density at radius 1 is 1.29 bits per heavy atom. The van der Waals surface area contributed by atoms with E-state index in [1.54, 1.807) is 6.07 Å². The highest BCUT2D eigenvalue weighted by atomic mass is 19.4. The standard InChI is InChI=1S/C20H21F3N6O2/c21-20(22,23)31-15-5-1-3-13(9-15)25-10-17(30)28-14-4-2-8-29(11-14)19-16-6-7-24-18(16)26-12-27-19/h1,3,5-7,9,12,14,25H,2,4,8,10-11H2,(H,28,30)(H,24,26,27). The minimum Gasteiger partial charge on any atom is -0.406 e. The number of aromatic nitrogens is 3. The molecule has 164 valence electrons. The van der Waals surface area contributed by atoms with Crippen molar-refractivity contribution in [2.45, 2.75) is 25.2 Å². The number of nitrogens with one attached hydrogen (secondary N) is 3. The van der Waals surface area contributed by atoms with E-state index in [9.17, 15) is 18.0 Å². The van der Waals surface area contributed by atoms with Crippen molar-refractivity contribution in [1.82, 2.24) is 20.3 Å². The van der Waals surface area contributed by atoms with Crippen LogP contribution in [0.15, 0.2) is 42.9 Å². The lowest BCUT2D eigenvalue weighted by molar-refractivity contribution is -0.274. The molecule has 1 amide bonds. The van der Waals surface area contributed by atoms with Crippen LogP contribution in [0.4, 0.5) is 24.7 Å². The summed E-state index contributed by atoms with van der Waals surface area (Å²) in [6.45, 7) is 1.37. The van der Waals surface area contributed by atoms with E-state index in [1.165, 1.54) is 24.5 Å². The number of alkyl halides is 3. The lowest BCUT2D eigenvalue weighted by atomic mass is 10.1. The number of ether oxygens (including phenoxy) is 1. The molecule has 1 aliphatic rings. The molecule has 1 fully saturated rings. The number of anilines is 2. The monoisotopic (exact) mass is 434 g/mol. The number of halogens is 3. The number of fused-ring (bicyclic) bond motifs is 1. The predicted octanol–water partition coefficient (Wildman–Crippen LogP) is 3.05. The Kier molecular flexibility index (Phi) is 5.83. The molecule has 2 aromatic heterocycles. The van der Waals surface area contributed by atoms with Gasteiger partial charge in [-0.25, -0.2) is 9.97 Å². The van der Waals surface area contributed by atoms with E-state index in [0.717, 1.165) is 36.2 Å². The molecule has 3 N–H and O–H groups in total. The van der Waals surface area contributed by atoms with E-state index in [1.807, 2.05) is 12.3 Å². The first kappa shape index (κ1) is 20.8. The molecule has 4 rings (SSSR count). The first-order chi connectivity index (χ1) is 14.9. The second-order valence-electron chi connectivity index (χ2n) is 7.22. The van der Waals surface area contributed by atoms with Crippen LogP contribution in [-0.2, 0) is 4.79 Å². The molecule has 31 heavy (non-hydrogen) atoms. The summed E-state index contributed by atoms with van der Waals surface area (Å²) in [5, 5.41) is 6.73. The minimum absolute atomic E-state index is 0.0631. The van der Waals surface area contributed by atoms with Gasteiger partial charge < -0.3 is 25.3 Å². The maximum Gasteiger partial charge on any atom is 0.573 e. The van der Waals surface area contributed by atoms with Gasteiger partial charge in [-0.3, -0.25) is 4.79 Å². The summed E-state index contributed by atoms with van der Waals surface area (Å²) in [6, 6.07) is 7.24. The Hall–Kier alpha value is -3.50. The van der Waals surface area contributed by atoms with E-state index in [4.69, 9.17) is 0 Å². The summed E-state index contributed by atoms with van der Waals surface area (Å²) in [5.41, 5.74) is 1.12. The molecular formula is C20H21F3N6O2. The molecule has 0 bridgehead atoms. The Morgan fingerprint density at radius 3 is 3.00 bits per heavy atom. The first-order valence-electron chi connectivity index (χ1n) is 9.79. The van der Waals surface area contributed by atoms with Crippen LogP contribution in [0.1, 0.15) is 12.8 Å². The Bertz CT molecular complexity index is 1050. The van der Waals surface area contributed by atoms with Crippen LogP contribution in [0, 0.1) is 0 Å².